The van der Waals surface area contributed by atoms with Crippen molar-refractivity contribution in [3.05, 3.63) is 33.3 Å². The SMILES string of the molecule is CNCc1cc(Br)c2c(c1)C(=O)C(C)C2. The second-order valence-electron chi connectivity index (χ2n) is 4.10. The lowest BCUT2D eigenvalue weighted by atomic mass is 10.1. The molecular formula is C12H14BrNO. The predicted octanol–water partition coefficient (Wildman–Crippen LogP) is 2.54. The fourth-order valence-corrected chi connectivity index (χ4v) is 2.76. The van der Waals surface area contributed by atoms with Crippen molar-refractivity contribution < 1.29 is 4.79 Å². The Hall–Kier alpha value is -0.670. The summed E-state index contributed by atoms with van der Waals surface area (Å²) in [6, 6.07) is 4.11. The maximum Gasteiger partial charge on any atom is 0.166 e. The van der Waals surface area contributed by atoms with E-state index in [4.69, 9.17) is 0 Å². The third kappa shape index (κ3) is 1.86. The van der Waals surface area contributed by atoms with Crippen LogP contribution in [0.2, 0.25) is 0 Å². The first-order valence-electron chi connectivity index (χ1n) is 5.13. The first-order chi connectivity index (χ1) is 7.13. The summed E-state index contributed by atoms with van der Waals surface area (Å²) in [5.41, 5.74) is 3.24. The van der Waals surface area contributed by atoms with Crippen LogP contribution >= 0.6 is 15.9 Å². The molecule has 80 valence electrons. The third-order valence-corrected chi connectivity index (χ3v) is 3.57. The number of Topliss-reactive ketones (excluding diaryl/α,β-unsaturated/α-hetero) is 1. The van der Waals surface area contributed by atoms with Crippen molar-refractivity contribution >= 4 is 21.7 Å². The summed E-state index contributed by atoms with van der Waals surface area (Å²) in [5.74, 6) is 0.421. The zero-order chi connectivity index (χ0) is 11.0. The molecule has 1 aromatic carbocycles. The fourth-order valence-electron chi connectivity index (χ4n) is 2.09. The maximum atomic E-state index is 11.9. The minimum absolute atomic E-state index is 0.140. The van der Waals surface area contributed by atoms with Gasteiger partial charge in [-0.2, -0.15) is 0 Å². The van der Waals surface area contributed by atoms with E-state index in [1.807, 2.05) is 20.0 Å². The molecule has 0 spiro atoms. The van der Waals surface area contributed by atoms with E-state index < -0.39 is 0 Å². The standard InChI is InChI=1S/C12H14BrNO/c1-7-3-9-10(12(7)15)4-8(6-14-2)5-11(9)13/h4-5,7,14H,3,6H2,1-2H3. The van der Waals surface area contributed by atoms with E-state index >= 15 is 0 Å². The lowest BCUT2D eigenvalue weighted by Gasteiger charge is -2.06. The van der Waals surface area contributed by atoms with E-state index in [2.05, 4.69) is 27.3 Å². The average molecular weight is 268 g/mol. The molecule has 0 amide bonds. The molecule has 0 fully saturated rings. The molecule has 0 aliphatic heterocycles. The molecule has 0 heterocycles. The zero-order valence-electron chi connectivity index (χ0n) is 8.93. The van der Waals surface area contributed by atoms with Crippen LogP contribution in [-0.4, -0.2) is 12.8 Å². The second kappa shape index (κ2) is 4.06. The van der Waals surface area contributed by atoms with E-state index in [0.29, 0.717) is 0 Å². The number of hydrogen-bond donors (Lipinski definition) is 1. The normalized spacial score (nSPS) is 19.4. The van der Waals surface area contributed by atoms with Gasteiger partial charge in [-0.3, -0.25) is 4.79 Å². The average Bonchev–Trinajstić information content (AvgIpc) is 2.46. The smallest absolute Gasteiger partial charge is 0.166 e. The van der Waals surface area contributed by atoms with Crippen LogP contribution in [0.4, 0.5) is 0 Å². The Morgan fingerprint density at radius 2 is 2.27 bits per heavy atom. The van der Waals surface area contributed by atoms with Gasteiger partial charge < -0.3 is 5.32 Å². The van der Waals surface area contributed by atoms with Gasteiger partial charge in [-0.05, 0) is 36.7 Å². The Morgan fingerprint density at radius 3 is 2.93 bits per heavy atom. The van der Waals surface area contributed by atoms with Crippen molar-refractivity contribution in [1.82, 2.24) is 5.32 Å². The number of halogens is 1. The molecule has 15 heavy (non-hydrogen) atoms. The summed E-state index contributed by atoms with van der Waals surface area (Å²) in [6.45, 7) is 2.79. The minimum atomic E-state index is 0.140. The number of fused-ring (bicyclic) bond motifs is 1. The van der Waals surface area contributed by atoms with E-state index in [9.17, 15) is 4.79 Å². The maximum absolute atomic E-state index is 11.9. The van der Waals surface area contributed by atoms with Crippen LogP contribution in [0.25, 0.3) is 0 Å². The molecule has 1 aromatic rings. The number of rotatable bonds is 2. The van der Waals surface area contributed by atoms with Crippen LogP contribution in [0, 0.1) is 5.92 Å². The Kier molecular flexibility index (Phi) is 2.94. The first kappa shape index (κ1) is 10.8. The minimum Gasteiger partial charge on any atom is -0.316 e. The Bertz CT molecular complexity index is 414. The van der Waals surface area contributed by atoms with Crippen molar-refractivity contribution in [2.45, 2.75) is 19.9 Å². The van der Waals surface area contributed by atoms with Gasteiger partial charge >= 0.3 is 0 Å². The van der Waals surface area contributed by atoms with Crippen LogP contribution in [0.1, 0.15) is 28.4 Å². The highest BCUT2D eigenvalue weighted by atomic mass is 79.9. The lowest BCUT2D eigenvalue weighted by Crippen LogP contribution is -2.07. The largest absolute Gasteiger partial charge is 0.316 e. The number of benzene rings is 1. The van der Waals surface area contributed by atoms with Gasteiger partial charge in [0.05, 0.1) is 0 Å². The van der Waals surface area contributed by atoms with Gasteiger partial charge in [-0.25, -0.2) is 0 Å². The molecular weight excluding hydrogens is 254 g/mol. The molecule has 1 aliphatic carbocycles. The van der Waals surface area contributed by atoms with Crippen LogP contribution in [-0.2, 0) is 13.0 Å². The first-order valence-corrected chi connectivity index (χ1v) is 5.93. The number of carbonyl (C=O) groups excluding carboxylic acids is 1. The van der Waals surface area contributed by atoms with Crippen LogP contribution < -0.4 is 5.32 Å². The van der Waals surface area contributed by atoms with Gasteiger partial charge in [0.25, 0.3) is 0 Å². The summed E-state index contributed by atoms with van der Waals surface area (Å²) >= 11 is 3.54. The van der Waals surface area contributed by atoms with Gasteiger partial charge in [-0.1, -0.05) is 22.9 Å². The van der Waals surface area contributed by atoms with E-state index in [-0.39, 0.29) is 11.7 Å². The zero-order valence-corrected chi connectivity index (χ0v) is 10.5. The van der Waals surface area contributed by atoms with Crippen LogP contribution in [0.3, 0.4) is 0 Å². The predicted molar refractivity (Wildman–Crippen MR) is 64.1 cm³/mol. The lowest BCUT2D eigenvalue weighted by molar-refractivity contribution is 0.0946. The molecule has 0 bridgehead atoms. The van der Waals surface area contributed by atoms with Crippen molar-refractivity contribution in [1.29, 1.82) is 0 Å². The van der Waals surface area contributed by atoms with Gasteiger partial charge in [0.1, 0.15) is 0 Å². The van der Waals surface area contributed by atoms with Gasteiger partial charge in [-0.15, -0.1) is 0 Å². The molecule has 0 radical (unpaired) electrons. The molecule has 1 N–H and O–H groups in total. The molecule has 0 saturated carbocycles. The van der Waals surface area contributed by atoms with Crippen LogP contribution in [0.15, 0.2) is 16.6 Å². The highest BCUT2D eigenvalue weighted by molar-refractivity contribution is 9.10. The Labute approximate surface area is 98.2 Å². The third-order valence-electron chi connectivity index (χ3n) is 2.86. The van der Waals surface area contributed by atoms with Crippen molar-refractivity contribution in [2.24, 2.45) is 5.92 Å². The van der Waals surface area contributed by atoms with Crippen molar-refractivity contribution in [3.63, 3.8) is 0 Å². The van der Waals surface area contributed by atoms with Gasteiger partial charge in [0.15, 0.2) is 5.78 Å². The summed E-state index contributed by atoms with van der Waals surface area (Å²) in [4.78, 5) is 11.9. The quantitative estimate of drug-likeness (QED) is 0.893. The van der Waals surface area contributed by atoms with Crippen molar-refractivity contribution in [2.75, 3.05) is 7.05 Å². The highest BCUT2D eigenvalue weighted by Crippen LogP contribution is 2.33. The van der Waals surface area contributed by atoms with Gasteiger partial charge in [0, 0.05) is 22.5 Å². The molecule has 0 aromatic heterocycles. The molecule has 3 heteroatoms. The highest BCUT2D eigenvalue weighted by Gasteiger charge is 2.28. The number of carbonyl (C=O) groups is 1. The van der Waals surface area contributed by atoms with E-state index in [0.717, 1.165) is 28.6 Å². The van der Waals surface area contributed by atoms with Gasteiger partial charge in [0.2, 0.25) is 0 Å². The molecule has 1 aliphatic rings. The van der Waals surface area contributed by atoms with E-state index in [1.165, 1.54) is 5.56 Å². The van der Waals surface area contributed by atoms with Crippen LogP contribution in [0.5, 0.6) is 0 Å². The fraction of sp³-hybridized carbons (Fsp3) is 0.417. The number of hydrogen-bond acceptors (Lipinski definition) is 2. The number of ketones is 1. The number of nitrogens with one attached hydrogen (secondary N) is 1. The molecule has 2 nitrogen and oxygen atoms in total. The molecule has 1 atom stereocenters. The summed E-state index contributed by atoms with van der Waals surface area (Å²) in [6.07, 6.45) is 0.870. The summed E-state index contributed by atoms with van der Waals surface area (Å²) in [7, 11) is 1.91. The molecule has 2 rings (SSSR count). The Morgan fingerprint density at radius 1 is 1.53 bits per heavy atom. The summed E-state index contributed by atoms with van der Waals surface area (Å²) < 4.78 is 1.07. The summed E-state index contributed by atoms with van der Waals surface area (Å²) in [5, 5.41) is 3.10. The second-order valence-corrected chi connectivity index (χ2v) is 4.96. The van der Waals surface area contributed by atoms with Crippen molar-refractivity contribution in [3.8, 4) is 0 Å². The van der Waals surface area contributed by atoms with E-state index in [1.54, 1.807) is 0 Å². The molecule has 0 saturated heterocycles. The molecule has 1 unspecified atom stereocenters. The Balaban J connectivity index is 2.47. The monoisotopic (exact) mass is 267 g/mol. The topological polar surface area (TPSA) is 29.1 Å².